The van der Waals surface area contributed by atoms with Crippen molar-refractivity contribution in [3.05, 3.63) is 65.2 Å². The standard InChI is InChI=1S/C26H36N2O2/c1-4-5-16-27-17-14-24(15-18-27)28(20-23-8-6-21(2)7-9-23)26(29)19-22-10-12-25(30-3)13-11-22/h6-13,24H,4-5,14-20H2,1-3H3. The van der Waals surface area contributed by atoms with Crippen molar-refractivity contribution in [2.75, 3.05) is 26.7 Å². The second-order valence-electron chi connectivity index (χ2n) is 8.46. The molecule has 0 N–H and O–H groups in total. The van der Waals surface area contributed by atoms with Crippen LogP contribution in [-0.4, -0.2) is 48.5 Å². The van der Waals surface area contributed by atoms with E-state index in [1.165, 1.54) is 30.5 Å². The van der Waals surface area contributed by atoms with Crippen LogP contribution in [0, 0.1) is 6.92 Å². The molecule has 0 bridgehead atoms. The van der Waals surface area contributed by atoms with Gasteiger partial charge in [0, 0.05) is 25.7 Å². The van der Waals surface area contributed by atoms with Gasteiger partial charge in [-0.2, -0.15) is 0 Å². The number of carbonyl (C=O) groups is 1. The van der Waals surface area contributed by atoms with Gasteiger partial charge in [0.05, 0.1) is 13.5 Å². The first-order valence-electron chi connectivity index (χ1n) is 11.3. The van der Waals surface area contributed by atoms with Gasteiger partial charge < -0.3 is 14.5 Å². The molecule has 2 aromatic rings. The lowest BCUT2D eigenvalue weighted by Gasteiger charge is -2.39. The molecule has 2 aromatic carbocycles. The van der Waals surface area contributed by atoms with Gasteiger partial charge in [0.25, 0.3) is 0 Å². The Morgan fingerprint density at radius 3 is 2.27 bits per heavy atom. The quantitative estimate of drug-likeness (QED) is 0.595. The molecule has 1 fully saturated rings. The zero-order chi connectivity index (χ0) is 21.3. The topological polar surface area (TPSA) is 32.8 Å². The first kappa shape index (κ1) is 22.4. The first-order chi connectivity index (χ1) is 14.6. The summed E-state index contributed by atoms with van der Waals surface area (Å²) in [5.74, 6) is 1.04. The molecule has 1 aliphatic rings. The molecule has 162 valence electrons. The third-order valence-corrected chi connectivity index (χ3v) is 6.13. The summed E-state index contributed by atoms with van der Waals surface area (Å²) in [5, 5.41) is 0. The first-order valence-corrected chi connectivity index (χ1v) is 11.3. The van der Waals surface area contributed by atoms with Crippen molar-refractivity contribution in [1.82, 2.24) is 9.80 Å². The molecule has 0 spiro atoms. The number of ether oxygens (including phenoxy) is 1. The zero-order valence-corrected chi connectivity index (χ0v) is 18.8. The molecule has 3 rings (SSSR count). The number of aryl methyl sites for hydroxylation is 1. The maximum Gasteiger partial charge on any atom is 0.227 e. The predicted molar refractivity (Wildman–Crippen MR) is 123 cm³/mol. The van der Waals surface area contributed by atoms with E-state index in [2.05, 4.69) is 47.9 Å². The Kier molecular flexibility index (Phi) is 8.32. The molecule has 0 saturated carbocycles. The van der Waals surface area contributed by atoms with Crippen LogP contribution < -0.4 is 4.74 Å². The Balaban J connectivity index is 1.69. The summed E-state index contributed by atoms with van der Waals surface area (Å²) in [6.45, 7) is 8.39. The maximum absolute atomic E-state index is 13.4. The van der Waals surface area contributed by atoms with Crippen molar-refractivity contribution in [2.24, 2.45) is 0 Å². The highest BCUT2D eigenvalue weighted by molar-refractivity contribution is 5.79. The number of hydrogen-bond acceptors (Lipinski definition) is 3. The van der Waals surface area contributed by atoms with Gasteiger partial charge in [-0.05, 0) is 56.0 Å². The maximum atomic E-state index is 13.4. The van der Waals surface area contributed by atoms with Gasteiger partial charge in [-0.15, -0.1) is 0 Å². The smallest absolute Gasteiger partial charge is 0.227 e. The Hall–Kier alpha value is -2.33. The molecule has 1 saturated heterocycles. The number of carbonyl (C=O) groups excluding carboxylic acids is 1. The fraction of sp³-hybridized carbons (Fsp3) is 0.500. The highest BCUT2D eigenvalue weighted by Crippen LogP contribution is 2.22. The van der Waals surface area contributed by atoms with E-state index in [0.717, 1.165) is 37.2 Å². The minimum absolute atomic E-state index is 0.216. The molecule has 1 aliphatic heterocycles. The molecule has 4 nitrogen and oxygen atoms in total. The predicted octanol–water partition coefficient (Wildman–Crippen LogP) is 4.84. The molecular formula is C26H36N2O2. The number of nitrogens with zero attached hydrogens (tertiary/aromatic N) is 2. The van der Waals surface area contributed by atoms with E-state index in [9.17, 15) is 4.79 Å². The van der Waals surface area contributed by atoms with E-state index in [4.69, 9.17) is 4.74 Å². The summed E-state index contributed by atoms with van der Waals surface area (Å²) in [7, 11) is 1.66. The zero-order valence-electron chi connectivity index (χ0n) is 18.8. The number of amides is 1. The van der Waals surface area contributed by atoms with Crippen LogP contribution in [0.5, 0.6) is 5.75 Å². The van der Waals surface area contributed by atoms with Crippen molar-refractivity contribution < 1.29 is 9.53 Å². The van der Waals surface area contributed by atoms with Gasteiger partial charge in [-0.1, -0.05) is 55.3 Å². The van der Waals surface area contributed by atoms with E-state index in [0.29, 0.717) is 19.0 Å². The Morgan fingerprint density at radius 1 is 1.03 bits per heavy atom. The fourth-order valence-corrected chi connectivity index (χ4v) is 4.17. The van der Waals surface area contributed by atoms with Crippen LogP contribution in [0.25, 0.3) is 0 Å². The van der Waals surface area contributed by atoms with Crippen LogP contribution in [0.15, 0.2) is 48.5 Å². The molecule has 0 radical (unpaired) electrons. The molecule has 0 aliphatic carbocycles. The van der Waals surface area contributed by atoms with Gasteiger partial charge in [0.15, 0.2) is 0 Å². The Bertz CT molecular complexity index is 778. The van der Waals surface area contributed by atoms with E-state index in [-0.39, 0.29) is 5.91 Å². The monoisotopic (exact) mass is 408 g/mol. The van der Waals surface area contributed by atoms with Gasteiger partial charge in [0.2, 0.25) is 5.91 Å². The minimum Gasteiger partial charge on any atom is -0.497 e. The third kappa shape index (κ3) is 6.33. The van der Waals surface area contributed by atoms with Gasteiger partial charge in [0.1, 0.15) is 5.75 Å². The lowest BCUT2D eigenvalue weighted by atomic mass is 10.00. The Labute approximate surface area is 181 Å². The van der Waals surface area contributed by atoms with Crippen molar-refractivity contribution in [3.63, 3.8) is 0 Å². The van der Waals surface area contributed by atoms with Crippen molar-refractivity contribution in [3.8, 4) is 5.75 Å². The SMILES string of the molecule is CCCCN1CCC(N(Cc2ccc(C)cc2)C(=O)Cc2ccc(OC)cc2)CC1. The molecule has 0 unspecified atom stereocenters. The molecule has 1 heterocycles. The lowest BCUT2D eigenvalue weighted by molar-refractivity contribution is -0.134. The van der Waals surface area contributed by atoms with Crippen LogP contribution in [0.2, 0.25) is 0 Å². The highest BCUT2D eigenvalue weighted by atomic mass is 16.5. The van der Waals surface area contributed by atoms with E-state index < -0.39 is 0 Å². The van der Waals surface area contributed by atoms with Gasteiger partial charge >= 0.3 is 0 Å². The molecule has 0 atom stereocenters. The van der Waals surface area contributed by atoms with Crippen LogP contribution in [0.1, 0.15) is 49.3 Å². The molecule has 30 heavy (non-hydrogen) atoms. The van der Waals surface area contributed by atoms with Gasteiger partial charge in [-0.3, -0.25) is 4.79 Å². The van der Waals surface area contributed by atoms with Crippen LogP contribution in [0.4, 0.5) is 0 Å². The highest BCUT2D eigenvalue weighted by Gasteiger charge is 2.28. The second kappa shape index (κ2) is 11.2. The number of hydrogen-bond donors (Lipinski definition) is 0. The number of likely N-dealkylation sites (tertiary alicyclic amines) is 1. The number of methoxy groups -OCH3 is 1. The number of benzene rings is 2. The van der Waals surface area contributed by atoms with Crippen LogP contribution in [0.3, 0.4) is 0 Å². The second-order valence-corrected chi connectivity index (χ2v) is 8.46. The summed E-state index contributed by atoms with van der Waals surface area (Å²) in [5.41, 5.74) is 3.49. The number of piperidine rings is 1. The van der Waals surface area contributed by atoms with E-state index in [1.807, 2.05) is 24.3 Å². The van der Waals surface area contributed by atoms with E-state index in [1.54, 1.807) is 7.11 Å². The molecular weight excluding hydrogens is 372 g/mol. The lowest BCUT2D eigenvalue weighted by Crippen LogP contribution is -2.47. The average Bonchev–Trinajstić information content (AvgIpc) is 2.78. The number of rotatable bonds is 9. The summed E-state index contributed by atoms with van der Waals surface area (Å²) >= 11 is 0. The molecule has 1 amide bonds. The number of unbranched alkanes of at least 4 members (excludes halogenated alkanes) is 1. The Morgan fingerprint density at radius 2 is 1.67 bits per heavy atom. The normalized spacial score (nSPS) is 15.2. The van der Waals surface area contributed by atoms with Crippen LogP contribution in [-0.2, 0) is 17.8 Å². The van der Waals surface area contributed by atoms with Crippen LogP contribution >= 0.6 is 0 Å². The van der Waals surface area contributed by atoms with E-state index >= 15 is 0 Å². The van der Waals surface area contributed by atoms with Crippen molar-refractivity contribution >= 4 is 5.91 Å². The van der Waals surface area contributed by atoms with Crippen molar-refractivity contribution in [2.45, 2.75) is 58.5 Å². The average molecular weight is 409 g/mol. The molecule has 4 heteroatoms. The summed E-state index contributed by atoms with van der Waals surface area (Å²) in [4.78, 5) is 18.1. The fourth-order valence-electron chi connectivity index (χ4n) is 4.17. The largest absolute Gasteiger partial charge is 0.497 e. The summed E-state index contributed by atoms with van der Waals surface area (Å²) in [6.07, 6.45) is 5.05. The molecule has 0 aromatic heterocycles. The summed E-state index contributed by atoms with van der Waals surface area (Å²) < 4.78 is 5.24. The van der Waals surface area contributed by atoms with Gasteiger partial charge in [-0.25, -0.2) is 0 Å². The summed E-state index contributed by atoms with van der Waals surface area (Å²) in [6, 6.07) is 16.7. The minimum atomic E-state index is 0.216. The third-order valence-electron chi connectivity index (χ3n) is 6.13. The van der Waals surface area contributed by atoms with Crippen molar-refractivity contribution in [1.29, 1.82) is 0 Å².